The zero-order valence-electron chi connectivity index (χ0n) is 11.6. The zero-order chi connectivity index (χ0) is 13.6. The van der Waals surface area contributed by atoms with Gasteiger partial charge in [-0.2, -0.15) is 0 Å². The highest BCUT2D eigenvalue weighted by Gasteiger charge is 2.28. The number of hydrogen-bond donors (Lipinski definition) is 1. The molecule has 0 spiro atoms. The van der Waals surface area contributed by atoms with Gasteiger partial charge in [0.25, 0.3) is 0 Å². The molecule has 0 aromatic carbocycles. The van der Waals surface area contributed by atoms with E-state index in [2.05, 4.69) is 34.1 Å². The van der Waals surface area contributed by atoms with E-state index in [1.165, 1.54) is 10.9 Å². The predicted octanol–water partition coefficient (Wildman–Crippen LogP) is 2.38. The molecular weight excluding hydrogens is 258 g/mol. The molecule has 4 nitrogen and oxygen atoms in total. The van der Waals surface area contributed by atoms with Crippen LogP contribution in [-0.2, 0) is 6.42 Å². The van der Waals surface area contributed by atoms with Crippen LogP contribution in [0.1, 0.15) is 25.2 Å². The van der Waals surface area contributed by atoms with Gasteiger partial charge < -0.3 is 10.0 Å². The molecule has 3 rings (SSSR count). The van der Waals surface area contributed by atoms with E-state index in [1.807, 2.05) is 6.92 Å². The number of thiophene rings is 1. The first-order valence-electron chi connectivity index (χ1n) is 6.72. The van der Waals surface area contributed by atoms with E-state index in [4.69, 9.17) is 0 Å². The fourth-order valence-corrected chi connectivity index (χ4v) is 3.52. The van der Waals surface area contributed by atoms with Gasteiger partial charge >= 0.3 is 0 Å². The van der Waals surface area contributed by atoms with Gasteiger partial charge in [-0.05, 0) is 30.2 Å². The Kier molecular flexibility index (Phi) is 3.19. The molecule has 0 aliphatic carbocycles. The largest absolute Gasteiger partial charge is 0.389 e. The van der Waals surface area contributed by atoms with Crippen molar-refractivity contribution < 1.29 is 5.11 Å². The number of nitrogens with zero attached hydrogens (tertiary/aromatic N) is 3. The first-order chi connectivity index (χ1) is 9.04. The maximum Gasteiger partial charge on any atom is 0.141 e. The number of fused-ring (bicyclic) bond motifs is 1. The van der Waals surface area contributed by atoms with E-state index < -0.39 is 0 Å². The topological polar surface area (TPSA) is 49.2 Å². The molecule has 0 bridgehead atoms. The molecule has 1 N–H and O–H groups in total. The standard InChI is InChI=1S/C14H19N3OS/c1-8(2)4-10-7-19-14-12(10)13(15-9(3)16-14)17-5-11(18)6-17/h7-8,11,18H,4-6H2,1-3H3. The predicted molar refractivity (Wildman–Crippen MR) is 78.9 cm³/mol. The molecule has 0 unspecified atom stereocenters. The average molecular weight is 277 g/mol. The first kappa shape index (κ1) is 12.8. The number of anilines is 1. The highest BCUT2D eigenvalue weighted by molar-refractivity contribution is 7.17. The Bertz CT molecular complexity index is 602. The number of β-amino-alcohol motifs (C(OH)–C–C–N with tert-alkyl or cyclic N) is 1. The van der Waals surface area contributed by atoms with Crippen LogP contribution in [-0.4, -0.2) is 34.3 Å². The Balaban J connectivity index is 2.09. The van der Waals surface area contributed by atoms with Crippen LogP contribution in [0, 0.1) is 12.8 Å². The van der Waals surface area contributed by atoms with Crippen molar-refractivity contribution in [1.82, 2.24) is 9.97 Å². The zero-order valence-corrected chi connectivity index (χ0v) is 12.4. The van der Waals surface area contributed by atoms with E-state index in [-0.39, 0.29) is 6.10 Å². The van der Waals surface area contributed by atoms with Crippen molar-refractivity contribution in [1.29, 1.82) is 0 Å². The van der Waals surface area contributed by atoms with Gasteiger partial charge in [0.15, 0.2) is 0 Å². The number of aliphatic hydroxyl groups excluding tert-OH is 1. The minimum Gasteiger partial charge on any atom is -0.389 e. The van der Waals surface area contributed by atoms with Crippen molar-refractivity contribution in [3.63, 3.8) is 0 Å². The Labute approximate surface area is 117 Å². The summed E-state index contributed by atoms with van der Waals surface area (Å²) >= 11 is 1.70. The normalized spacial score (nSPS) is 16.4. The summed E-state index contributed by atoms with van der Waals surface area (Å²) in [5.41, 5.74) is 1.34. The molecule has 3 heterocycles. The Morgan fingerprint density at radius 3 is 2.79 bits per heavy atom. The van der Waals surface area contributed by atoms with Gasteiger partial charge in [0.05, 0.1) is 11.5 Å². The average Bonchev–Trinajstić information content (AvgIpc) is 2.66. The molecule has 19 heavy (non-hydrogen) atoms. The third-order valence-electron chi connectivity index (χ3n) is 3.39. The van der Waals surface area contributed by atoms with Crippen molar-refractivity contribution >= 4 is 27.4 Å². The third-order valence-corrected chi connectivity index (χ3v) is 4.31. The van der Waals surface area contributed by atoms with Crippen LogP contribution in [0.2, 0.25) is 0 Å². The summed E-state index contributed by atoms with van der Waals surface area (Å²) in [5.74, 6) is 2.43. The number of aryl methyl sites for hydroxylation is 1. The SMILES string of the molecule is Cc1nc(N2CC(O)C2)c2c(CC(C)C)csc2n1. The second-order valence-electron chi connectivity index (χ2n) is 5.69. The number of rotatable bonds is 3. The lowest BCUT2D eigenvalue weighted by molar-refractivity contribution is 0.141. The van der Waals surface area contributed by atoms with Crippen LogP contribution in [0.5, 0.6) is 0 Å². The minimum absolute atomic E-state index is 0.211. The summed E-state index contributed by atoms with van der Waals surface area (Å²) in [6.45, 7) is 7.75. The van der Waals surface area contributed by atoms with Gasteiger partial charge in [-0.15, -0.1) is 11.3 Å². The van der Waals surface area contributed by atoms with Gasteiger partial charge in [-0.1, -0.05) is 13.8 Å². The summed E-state index contributed by atoms with van der Waals surface area (Å²) in [4.78, 5) is 12.4. The maximum absolute atomic E-state index is 9.50. The van der Waals surface area contributed by atoms with E-state index in [0.29, 0.717) is 19.0 Å². The van der Waals surface area contributed by atoms with E-state index in [9.17, 15) is 5.11 Å². The lowest BCUT2D eigenvalue weighted by Crippen LogP contribution is -2.51. The lowest BCUT2D eigenvalue weighted by Gasteiger charge is -2.37. The molecule has 5 heteroatoms. The molecule has 0 atom stereocenters. The molecule has 1 saturated heterocycles. The highest BCUT2D eigenvalue weighted by Crippen LogP contribution is 2.35. The Morgan fingerprint density at radius 1 is 1.42 bits per heavy atom. The van der Waals surface area contributed by atoms with Crippen LogP contribution < -0.4 is 4.90 Å². The molecule has 1 aliphatic heterocycles. The van der Waals surface area contributed by atoms with Crippen molar-refractivity contribution in [2.24, 2.45) is 5.92 Å². The van der Waals surface area contributed by atoms with Gasteiger partial charge in [0.2, 0.25) is 0 Å². The molecule has 2 aromatic rings. The van der Waals surface area contributed by atoms with E-state index in [0.717, 1.165) is 22.9 Å². The van der Waals surface area contributed by atoms with Crippen molar-refractivity contribution in [2.45, 2.75) is 33.3 Å². The van der Waals surface area contributed by atoms with Gasteiger partial charge in [0, 0.05) is 13.1 Å². The quantitative estimate of drug-likeness (QED) is 0.936. The Morgan fingerprint density at radius 2 is 2.16 bits per heavy atom. The summed E-state index contributed by atoms with van der Waals surface area (Å²) in [5, 5.41) is 12.9. The minimum atomic E-state index is -0.211. The fourth-order valence-electron chi connectivity index (χ4n) is 2.53. The molecule has 0 radical (unpaired) electrons. The maximum atomic E-state index is 9.50. The van der Waals surface area contributed by atoms with Crippen LogP contribution in [0.3, 0.4) is 0 Å². The summed E-state index contributed by atoms with van der Waals surface area (Å²) < 4.78 is 0. The number of aromatic nitrogens is 2. The van der Waals surface area contributed by atoms with Crippen molar-refractivity contribution in [3.05, 3.63) is 16.8 Å². The smallest absolute Gasteiger partial charge is 0.141 e. The first-order valence-corrected chi connectivity index (χ1v) is 7.60. The molecule has 2 aromatic heterocycles. The number of aliphatic hydroxyl groups is 1. The van der Waals surface area contributed by atoms with Crippen LogP contribution >= 0.6 is 11.3 Å². The molecule has 0 saturated carbocycles. The van der Waals surface area contributed by atoms with Crippen LogP contribution in [0.15, 0.2) is 5.38 Å². The molecule has 0 amide bonds. The van der Waals surface area contributed by atoms with E-state index >= 15 is 0 Å². The summed E-state index contributed by atoms with van der Waals surface area (Å²) in [6, 6.07) is 0. The Hall–Kier alpha value is -1.20. The van der Waals surface area contributed by atoms with Crippen LogP contribution in [0.4, 0.5) is 5.82 Å². The highest BCUT2D eigenvalue weighted by atomic mass is 32.1. The van der Waals surface area contributed by atoms with Crippen molar-refractivity contribution in [3.8, 4) is 0 Å². The summed E-state index contributed by atoms with van der Waals surface area (Å²) in [7, 11) is 0. The summed E-state index contributed by atoms with van der Waals surface area (Å²) in [6.07, 6.45) is 0.841. The molecule has 102 valence electrons. The van der Waals surface area contributed by atoms with Gasteiger partial charge in [0.1, 0.15) is 16.5 Å². The van der Waals surface area contributed by atoms with Crippen molar-refractivity contribution in [2.75, 3.05) is 18.0 Å². The number of hydrogen-bond acceptors (Lipinski definition) is 5. The van der Waals surface area contributed by atoms with Crippen LogP contribution in [0.25, 0.3) is 10.2 Å². The lowest BCUT2D eigenvalue weighted by atomic mass is 10.0. The molecule has 1 fully saturated rings. The monoisotopic (exact) mass is 277 g/mol. The second kappa shape index (κ2) is 4.72. The second-order valence-corrected chi connectivity index (χ2v) is 6.55. The van der Waals surface area contributed by atoms with Gasteiger partial charge in [-0.3, -0.25) is 0 Å². The molecule has 1 aliphatic rings. The fraction of sp³-hybridized carbons (Fsp3) is 0.571. The van der Waals surface area contributed by atoms with E-state index in [1.54, 1.807) is 11.3 Å². The molecular formula is C14H19N3OS. The van der Waals surface area contributed by atoms with Gasteiger partial charge in [-0.25, -0.2) is 9.97 Å². The third kappa shape index (κ3) is 2.32.